The fourth-order valence-electron chi connectivity index (χ4n) is 3.28. The van der Waals surface area contributed by atoms with Crippen LogP contribution >= 0.6 is 0 Å². The molecule has 0 aliphatic heterocycles. The summed E-state index contributed by atoms with van der Waals surface area (Å²) in [5, 5.41) is 16.7. The predicted octanol–water partition coefficient (Wildman–Crippen LogP) is 3.51. The molecule has 0 radical (unpaired) electrons. The summed E-state index contributed by atoms with van der Waals surface area (Å²) in [6, 6.07) is 13.2. The van der Waals surface area contributed by atoms with Crippen LogP contribution in [0, 0.1) is 5.82 Å². The molecule has 4 aromatic rings. The first kappa shape index (κ1) is 21.0. The number of amides is 1. The van der Waals surface area contributed by atoms with E-state index in [4.69, 9.17) is 9.84 Å². The second-order valence-electron chi connectivity index (χ2n) is 7.14. The third kappa shape index (κ3) is 4.72. The topological polar surface area (TPSA) is 106 Å². The normalized spacial score (nSPS) is 10.8. The molecule has 2 heterocycles. The molecule has 8 nitrogen and oxygen atoms in total. The number of rotatable bonds is 7. The van der Waals surface area contributed by atoms with E-state index < -0.39 is 17.7 Å². The van der Waals surface area contributed by atoms with Gasteiger partial charge in [0.25, 0.3) is 0 Å². The van der Waals surface area contributed by atoms with Gasteiger partial charge in [0, 0.05) is 23.5 Å². The molecule has 0 aliphatic carbocycles. The molecule has 162 valence electrons. The molecule has 0 atom stereocenters. The maximum Gasteiger partial charge on any atom is 0.354 e. The Hall–Kier alpha value is -4.27. The van der Waals surface area contributed by atoms with E-state index in [-0.39, 0.29) is 23.4 Å². The van der Waals surface area contributed by atoms with Crippen LogP contribution in [0.15, 0.2) is 60.9 Å². The minimum atomic E-state index is -1.21. The van der Waals surface area contributed by atoms with Gasteiger partial charge in [0.15, 0.2) is 0 Å². The number of nitrogens with zero attached hydrogens (tertiary/aromatic N) is 3. The lowest BCUT2D eigenvalue weighted by Crippen LogP contribution is -2.16. The maximum atomic E-state index is 14.6. The van der Waals surface area contributed by atoms with Gasteiger partial charge in [0.05, 0.1) is 25.6 Å². The van der Waals surface area contributed by atoms with E-state index in [9.17, 15) is 14.0 Å². The third-order valence-electron chi connectivity index (χ3n) is 4.84. The molecule has 0 bridgehead atoms. The lowest BCUT2D eigenvalue weighted by atomic mass is 10.1. The van der Waals surface area contributed by atoms with E-state index in [2.05, 4.69) is 15.4 Å². The molecule has 0 saturated heterocycles. The molecule has 0 unspecified atom stereocenters. The van der Waals surface area contributed by atoms with Crippen LogP contribution in [-0.4, -0.2) is 38.9 Å². The lowest BCUT2D eigenvalue weighted by Gasteiger charge is -2.07. The van der Waals surface area contributed by atoms with Crippen molar-refractivity contribution in [3.05, 3.63) is 83.6 Å². The van der Waals surface area contributed by atoms with Crippen LogP contribution in [-0.2, 0) is 17.8 Å². The first-order valence-corrected chi connectivity index (χ1v) is 9.69. The van der Waals surface area contributed by atoms with Crippen LogP contribution in [0.4, 0.5) is 10.1 Å². The molecule has 2 aromatic heterocycles. The van der Waals surface area contributed by atoms with E-state index in [0.717, 1.165) is 11.3 Å². The standard InChI is InChI=1S/C23H19FN4O4/c1-32-18-4-2-14(3-5-18)12-28-13-16-8-19(24)15(9-20(16)27-28)10-22(29)26-17-6-7-25-21(11-17)23(30)31/h2-9,11,13H,10,12H2,1H3,(H,30,31)(H,25,26,29). The number of pyridine rings is 1. The van der Waals surface area contributed by atoms with Gasteiger partial charge in [-0.3, -0.25) is 9.48 Å². The molecule has 9 heteroatoms. The Balaban J connectivity index is 1.49. The number of nitrogens with one attached hydrogen (secondary N) is 1. The van der Waals surface area contributed by atoms with E-state index in [1.165, 1.54) is 24.4 Å². The van der Waals surface area contributed by atoms with Crippen LogP contribution in [0.5, 0.6) is 5.75 Å². The zero-order chi connectivity index (χ0) is 22.7. The van der Waals surface area contributed by atoms with Gasteiger partial charge in [-0.05, 0) is 47.5 Å². The number of hydrogen-bond acceptors (Lipinski definition) is 5. The number of hydrogen-bond donors (Lipinski definition) is 2. The van der Waals surface area contributed by atoms with Crippen LogP contribution < -0.4 is 10.1 Å². The molecular weight excluding hydrogens is 415 g/mol. The number of halogens is 1. The quantitative estimate of drug-likeness (QED) is 0.461. The van der Waals surface area contributed by atoms with E-state index in [0.29, 0.717) is 17.4 Å². The molecule has 0 fully saturated rings. The highest BCUT2D eigenvalue weighted by Crippen LogP contribution is 2.20. The Morgan fingerprint density at radius 3 is 2.66 bits per heavy atom. The second-order valence-corrected chi connectivity index (χ2v) is 7.14. The molecule has 2 N–H and O–H groups in total. The molecular formula is C23H19FN4O4. The van der Waals surface area contributed by atoms with Crippen molar-refractivity contribution in [2.75, 3.05) is 12.4 Å². The van der Waals surface area contributed by atoms with Crippen molar-refractivity contribution < 1.29 is 23.8 Å². The number of methoxy groups -OCH3 is 1. The summed E-state index contributed by atoms with van der Waals surface area (Å²) in [7, 11) is 1.60. The van der Waals surface area contributed by atoms with Crippen molar-refractivity contribution in [3.8, 4) is 5.75 Å². The van der Waals surface area contributed by atoms with Gasteiger partial charge in [0.1, 0.15) is 17.3 Å². The Kier molecular flexibility index (Phi) is 5.80. The monoisotopic (exact) mass is 434 g/mol. The number of carboxylic acid groups (broad SMARTS) is 1. The van der Waals surface area contributed by atoms with Gasteiger partial charge >= 0.3 is 5.97 Å². The summed E-state index contributed by atoms with van der Waals surface area (Å²) in [6.07, 6.45) is 2.80. The first-order valence-electron chi connectivity index (χ1n) is 9.69. The van der Waals surface area contributed by atoms with Gasteiger partial charge in [-0.15, -0.1) is 0 Å². The van der Waals surface area contributed by atoms with Crippen molar-refractivity contribution in [1.82, 2.24) is 14.8 Å². The molecule has 0 saturated carbocycles. The van der Waals surface area contributed by atoms with Crippen LogP contribution in [0.2, 0.25) is 0 Å². The Morgan fingerprint density at radius 2 is 1.94 bits per heavy atom. The fourth-order valence-corrected chi connectivity index (χ4v) is 3.28. The number of carbonyl (C=O) groups is 2. The van der Waals surface area contributed by atoms with E-state index >= 15 is 0 Å². The maximum absolute atomic E-state index is 14.6. The fraction of sp³-hybridized carbons (Fsp3) is 0.130. The summed E-state index contributed by atoms with van der Waals surface area (Å²) >= 11 is 0. The number of aromatic nitrogens is 3. The number of fused-ring (bicyclic) bond motifs is 1. The van der Waals surface area contributed by atoms with Gasteiger partial charge in [-0.2, -0.15) is 5.10 Å². The highest BCUT2D eigenvalue weighted by molar-refractivity contribution is 5.94. The highest BCUT2D eigenvalue weighted by Gasteiger charge is 2.13. The smallest absolute Gasteiger partial charge is 0.354 e. The number of carboxylic acids is 1. The Bertz CT molecular complexity index is 1300. The Labute approximate surface area is 182 Å². The number of ether oxygens (including phenoxy) is 1. The Morgan fingerprint density at radius 1 is 1.16 bits per heavy atom. The lowest BCUT2D eigenvalue weighted by molar-refractivity contribution is -0.115. The second kappa shape index (κ2) is 8.84. The van der Waals surface area contributed by atoms with Crippen LogP contribution in [0.3, 0.4) is 0 Å². The van der Waals surface area contributed by atoms with Crippen molar-refractivity contribution in [2.24, 2.45) is 0 Å². The van der Waals surface area contributed by atoms with Gasteiger partial charge in [-0.25, -0.2) is 14.2 Å². The number of carbonyl (C=O) groups excluding carboxylic acids is 1. The van der Waals surface area contributed by atoms with Crippen molar-refractivity contribution in [3.63, 3.8) is 0 Å². The minimum absolute atomic E-state index is 0.192. The number of anilines is 1. The summed E-state index contributed by atoms with van der Waals surface area (Å²) in [5.41, 5.74) is 1.85. The third-order valence-corrected chi connectivity index (χ3v) is 4.84. The largest absolute Gasteiger partial charge is 0.497 e. The predicted molar refractivity (Wildman–Crippen MR) is 115 cm³/mol. The zero-order valence-electron chi connectivity index (χ0n) is 17.1. The van der Waals surface area contributed by atoms with E-state index in [1.54, 1.807) is 24.1 Å². The number of benzene rings is 2. The summed E-state index contributed by atoms with van der Waals surface area (Å²) in [5.74, 6) is -1.45. The highest BCUT2D eigenvalue weighted by atomic mass is 19.1. The van der Waals surface area contributed by atoms with Crippen LogP contribution in [0.25, 0.3) is 10.9 Å². The molecule has 0 aliphatic rings. The molecule has 2 aromatic carbocycles. The summed E-state index contributed by atoms with van der Waals surface area (Å²) < 4.78 is 21.5. The van der Waals surface area contributed by atoms with Gasteiger partial charge < -0.3 is 15.2 Å². The number of aromatic carboxylic acids is 1. The molecule has 32 heavy (non-hydrogen) atoms. The average molecular weight is 434 g/mol. The summed E-state index contributed by atoms with van der Waals surface area (Å²) in [6.45, 7) is 0.504. The summed E-state index contributed by atoms with van der Waals surface area (Å²) in [4.78, 5) is 27.1. The molecule has 1 amide bonds. The minimum Gasteiger partial charge on any atom is -0.497 e. The van der Waals surface area contributed by atoms with Crippen LogP contribution in [0.1, 0.15) is 21.6 Å². The van der Waals surface area contributed by atoms with Crippen molar-refractivity contribution in [2.45, 2.75) is 13.0 Å². The van der Waals surface area contributed by atoms with Crippen molar-refractivity contribution in [1.29, 1.82) is 0 Å². The zero-order valence-corrected chi connectivity index (χ0v) is 17.1. The molecule has 4 rings (SSSR count). The SMILES string of the molecule is COc1ccc(Cn2cc3cc(F)c(CC(=O)Nc4ccnc(C(=O)O)c4)cc3n2)cc1. The molecule has 0 spiro atoms. The van der Waals surface area contributed by atoms with Gasteiger partial charge in [0.2, 0.25) is 5.91 Å². The van der Waals surface area contributed by atoms with Crippen molar-refractivity contribution >= 4 is 28.5 Å². The van der Waals surface area contributed by atoms with E-state index in [1.807, 2.05) is 24.3 Å². The first-order chi connectivity index (χ1) is 15.4. The average Bonchev–Trinajstić information content (AvgIpc) is 3.15. The van der Waals surface area contributed by atoms with Gasteiger partial charge in [-0.1, -0.05) is 12.1 Å².